The lowest BCUT2D eigenvalue weighted by molar-refractivity contribution is 0.203. The molecule has 4 nitrogen and oxygen atoms in total. The molecule has 0 amide bonds. The Morgan fingerprint density at radius 2 is 2.00 bits per heavy atom. The van der Waals surface area contributed by atoms with Crippen molar-refractivity contribution in [3.63, 3.8) is 0 Å². The maximum atomic E-state index is 6.09. The number of benzene rings is 1. The molecule has 0 spiro atoms. The fourth-order valence-corrected chi connectivity index (χ4v) is 2.70. The number of methoxy groups -OCH3 is 1. The third-order valence-corrected chi connectivity index (χ3v) is 3.78. The highest BCUT2D eigenvalue weighted by Gasteiger charge is 2.21. The molecule has 1 saturated carbocycles. The first-order chi connectivity index (χ1) is 9.29. The molecule has 5 heteroatoms. The molecule has 0 aliphatic heterocycles. The summed E-state index contributed by atoms with van der Waals surface area (Å²) in [7, 11) is 1.63. The molecule has 1 aliphatic carbocycles. The number of rotatable bonds is 3. The summed E-state index contributed by atoms with van der Waals surface area (Å²) < 4.78 is 11.5. The number of ether oxygens (including phenoxy) is 2. The number of fused-ring (bicyclic) bond motifs is 1. The third-order valence-electron chi connectivity index (χ3n) is 3.48. The molecular formula is C14H15ClN2O2. The Morgan fingerprint density at radius 3 is 2.74 bits per heavy atom. The van der Waals surface area contributed by atoms with E-state index < -0.39 is 0 Å². The molecule has 1 aromatic heterocycles. The molecule has 0 bridgehead atoms. The lowest BCUT2D eigenvalue weighted by Gasteiger charge is -2.17. The summed E-state index contributed by atoms with van der Waals surface area (Å²) in [6, 6.07) is 3.71. The van der Waals surface area contributed by atoms with Gasteiger partial charge in [0.25, 0.3) is 0 Å². The second kappa shape index (κ2) is 5.21. The van der Waals surface area contributed by atoms with Gasteiger partial charge in [0, 0.05) is 5.39 Å². The molecule has 1 fully saturated rings. The zero-order chi connectivity index (χ0) is 13.2. The molecule has 2 aromatic rings. The normalized spacial score (nSPS) is 15.9. The SMILES string of the molecule is COc1ccc2c(Cl)ncnc2c1OC1CCCC1. The summed E-state index contributed by atoms with van der Waals surface area (Å²) in [5.74, 6) is 1.37. The van der Waals surface area contributed by atoms with E-state index in [1.165, 1.54) is 19.2 Å². The zero-order valence-electron chi connectivity index (χ0n) is 10.7. The van der Waals surface area contributed by atoms with Crippen molar-refractivity contribution in [2.45, 2.75) is 31.8 Å². The molecule has 1 aliphatic rings. The van der Waals surface area contributed by atoms with E-state index >= 15 is 0 Å². The first-order valence-electron chi connectivity index (χ1n) is 6.43. The monoisotopic (exact) mass is 278 g/mol. The van der Waals surface area contributed by atoms with Gasteiger partial charge in [-0.15, -0.1) is 0 Å². The zero-order valence-corrected chi connectivity index (χ0v) is 11.5. The number of nitrogens with zero attached hydrogens (tertiary/aromatic N) is 2. The predicted octanol–water partition coefficient (Wildman–Crippen LogP) is 3.61. The molecule has 0 atom stereocenters. The highest BCUT2D eigenvalue weighted by atomic mass is 35.5. The summed E-state index contributed by atoms with van der Waals surface area (Å²) in [6.45, 7) is 0. The minimum absolute atomic E-state index is 0.244. The lowest BCUT2D eigenvalue weighted by Crippen LogP contribution is -2.12. The smallest absolute Gasteiger partial charge is 0.187 e. The van der Waals surface area contributed by atoms with Crippen LogP contribution in [0.2, 0.25) is 5.15 Å². The van der Waals surface area contributed by atoms with Gasteiger partial charge in [-0.1, -0.05) is 11.6 Å². The Morgan fingerprint density at radius 1 is 1.21 bits per heavy atom. The number of hydrogen-bond donors (Lipinski definition) is 0. The van der Waals surface area contributed by atoms with Gasteiger partial charge in [-0.2, -0.15) is 0 Å². The maximum Gasteiger partial charge on any atom is 0.187 e. The first-order valence-corrected chi connectivity index (χ1v) is 6.81. The second-order valence-corrected chi connectivity index (χ2v) is 5.04. The van der Waals surface area contributed by atoms with Crippen LogP contribution in [-0.4, -0.2) is 23.2 Å². The van der Waals surface area contributed by atoms with E-state index in [4.69, 9.17) is 21.1 Å². The summed E-state index contributed by atoms with van der Waals surface area (Å²) >= 11 is 6.09. The van der Waals surface area contributed by atoms with Crippen LogP contribution in [0.15, 0.2) is 18.5 Å². The van der Waals surface area contributed by atoms with Crippen molar-refractivity contribution in [2.75, 3.05) is 7.11 Å². The van der Waals surface area contributed by atoms with E-state index in [2.05, 4.69) is 9.97 Å². The average molecular weight is 279 g/mol. The molecule has 1 heterocycles. The van der Waals surface area contributed by atoms with E-state index in [9.17, 15) is 0 Å². The van der Waals surface area contributed by atoms with Crippen molar-refractivity contribution < 1.29 is 9.47 Å². The van der Waals surface area contributed by atoms with Gasteiger partial charge < -0.3 is 9.47 Å². The fourth-order valence-electron chi connectivity index (χ4n) is 2.50. The number of hydrogen-bond acceptors (Lipinski definition) is 4. The van der Waals surface area contributed by atoms with E-state index in [-0.39, 0.29) is 6.10 Å². The number of aromatic nitrogens is 2. The van der Waals surface area contributed by atoms with Gasteiger partial charge in [0.2, 0.25) is 0 Å². The molecule has 0 N–H and O–H groups in total. The molecular weight excluding hydrogens is 264 g/mol. The summed E-state index contributed by atoms with van der Waals surface area (Å²) in [6.07, 6.45) is 6.29. The van der Waals surface area contributed by atoms with Crippen molar-refractivity contribution >= 4 is 22.5 Å². The van der Waals surface area contributed by atoms with Crippen LogP contribution in [0.25, 0.3) is 10.9 Å². The van der Waals surface area contributed by atoms with Gasteiger partial charge in [-0.05, 0) is 37.8 Å². The summed E-state index contributed by atoms with van der Waals surface area (Å²) in [5, 5.41) is 1.22. The Labute approximate surface area is 116 Å². The Balaban J connectivity index is 2.10. The van der Waals surface area contributed by atoms with Crippen molar-refractivity contribution in [2.24, 2.45) is 0 Å². The minimum atomic E-state index is 0.244. The van der Waals surface area contributed by atoms with Crippen LogP contribution >= 0.6 is 11.6 Å². The molecule has 0 radical (unpaired) electrons. The Kier molecular flexibility index (Phi) is 3.42. The van der Waals surface area contributed by atoms with Crippen LogP contribution in [-0.2, 0) is 0 Å². The van der Waals surface area contributed by atoms with Gasteiger partial charge in [-0.3, -0.25) is 0 Å². The summed E-state index contributed by atoms with van der Waals surface area (Å²) in [4.78, 5) is 8.29. The topological polar surface area (TPSA) is 44.2 Å². The van der Waals surface area contributed by atoms with Crippen molar-refractivity contribution in [1.82, 2.24) is 9.97 Å². The minimum Gasteiger partial charge on any atom is -0.493 e. The maximum absolute atomic E-state index is 6.09. The molecule has 1 aromatic carbocycles. The highest BCUT2D eigenvalue weighted by Crippen LogP contribution is 2.38. The predicted molar refractivity (Wildman–Crippen MR) is 74.0 cm³/mol. The van der Waals surface area contributed by atoms with Crippen molar-refractivity contribution in [1.29, 1.82) is 0 Å². The van der Waals surface area contributed by atoms with Crippen LogP contribution in [0.1, 0.15) is 25.7 Å². The quantitative estimate of drug-likeness (QED) is 0.805. The Hall–Kier alpha value is -1.55. The molecule has 0 saturated heterocycles. The average Bonchev–Trinajstić information content (AvgIpc) is 2.93. The molecule has 3 rings (SSSR count). The largest absolute Gasteiger partial charge is 0.493 e. The van der Waals surface area contributed by atoms with Gasteiger partial charge in [0.05, 0.1) is 13.2 Å². The van der Waals surface area contributed by atoms with Crippen LogP contribution in [0, 0.1) is 0 Å². The molecule has 0 unspecified atom stereocenters. The second-order valence-electron chi connectivity index (χ2n) is 4.68. The van der Waals surface area contributed by atoms with Crippen molar-refractivity contribution in [3.8, 4) is 11.5 Å². The van der Waals surface area contributed by atoms with Gasteiger partial charge >= 0.3 is 0 Å². The van der Waals surface area contributed by atoms with Gasteiger partial charge in [0.15, 0.2) is 11.5 Å². The van der Waals surface area contributed by atoms with E-state index in [0.717, 1.165) is 18.2 Å². The molecule has 19 heavy (non-hydrogen) atoms. The first kappa shape index (κ1) is 12.5. The van der Waals surface area contributed by atoms with Crippen molar-refractivity contribution in [3.05, 3.63) is 23.6 Å². The van der Waals surface area contributed by atoms with E-state index in [1.807, 2.05) is 12.1 Å². The van der Waals surface area contributed by atoms with Crippen LogP contribution in [0.3, 0.4) is 0 Å². The van der Waals surface area contributed by atoms with E-state index in [1.54, 1.807) is 7.11 Å². The van der Waals surface area contributed by atoms with Crippen LogP contribution in [0.5, 0.6) is 11.5 Å². The van der Waals surface area contributed by atoms with Crippen LogP contribution < -0.4 is 9.47 Å². The van der Waals surface area contributed by atoms with Crippen LogP contribution in [0.4, 0.5) is 0 Å². The molecule has 100 valence electrons. The lowest BCUT2D eigenvalue weighted by atomic mass is 10.2. The van der Waals surface area contributed by atoms with E-state index in [0.29, 0.717) is 22.2 Å². The Bertz CT molecular complexity index is 597. The fraction of sp³-hybridized carbons (Fsp3) is 0.429. The summed E-state index contributed by atoms with van der Waals surface area (Å²) in [5.41, 5.74) is 0.714. The number of halogens is 1. The van der Waals surface area contributed by atoms with Gasteiger partial charge in [0.1, 0.15) is 17.0 Å². The standard InChI is InChI=1S/C14H15ClN2O2/c1-18-11-7-6-10-12(16-8-17-14(10)15)13(11)19-9-4-2-3-5-9/h6-9H,2-5H2,1H3. The van der Waals surface area contributed by atoms with Gasteiger partial charge in [-0.25, -0.2) is 9.97 Å². The third kappa shape index (κ3) is 2.32. The highest BCUT2D eigenvalue weighted by molar-refractivity contribution is 6.34.